The topological polar surface area (TPSA) is 34.9 Å². The van der Waals surface area contributed by atoms with Gasteiger partial charge in [0.25, 0.3) is 0 Å². The minimum absolute atomic E-state index is 0.178. The summed E-state index contributed by atoms with van der Waals surface area (Å²) in [6.45, 7) is 3.85. The van der Waals surface area contributed by atoms with Crippen molar-refractivity contribution in [2.75, 3.05) is 0 Å². The van der Waals surface area contributed by atoms with Crippen LogP contribution in [0.1, 0.15) is 29.4 Å². The van der Waals surface area contributed by atoms with Gasteiger partial charge in [0.1, 0.15) is 0 Å². The van der Waals surface area contributed by atoms with Gasteiger partial charge in [0.15, 0.2) is 5.78 Å². The maximum atomic E-state index is 11.9. The lowest BCUT2D eigenvalue weighted by Crippen LogP contribution is -1.99. The molecule has 0 atom stereocenters. The lowest BCUT2D eigenvalue weighted by atomic mass is 10.1. The van der Waals surface area contributed by atoms with E-state index in [1.54, 1.807) is 11.8 Å². The summed E-state index contributed by atoms with van der Waals surface area (Å²) in [7, 11) is 1.92. The highest BCUT2D eigenvalue weighted by molar-refractivity contribution is 7.99. The Labute approximate surface area is 111 Å². The van der Waals surface area contributed by atoms with Crippen LogP contribution < -0.4 is 0 Å². The molecule has 0 bridgehead atoms. The quantitative estimate of drug-likeness (QED) is 0.789. The van der Waals surface area contributed by atoms with E-state index in [-0.39, 0.29) is 5.78 Å². The Morgan fingerprint density at radius 2 is 2.11 bits per heavy atom. The van der Waals surface area contributed by atoms with Gasteiger partial charge in [0.2, 0.25) is 0 Å². The highest BCUT2D eigenvalue weighted by atomic mass is 32.2. The highest BCUT2D eigenvalue weighted by Gasteiger charge is 2.12. The average Bonchev–Trinajstić information content (AvgIpc) is 2.67. The van der Waals surface area contributed by atoms with Gasteiger partial charge in [-0.1, -0.05) is 36.9 Å². The lowest BCUT2D eigenvalue weighted by Gasteiger charge is -2.07. The van der Waals surface area contributed by atoms with Crippen LogP contribution in [0.3, 0.4) is 0 Å². The standard InChI is InChI=1S/C14H16N2OS/c1-4-12(17)11-7-5-6-8-13(11)18-14-9-10(2)15-16(14)3/h5-9H,4H2,1-3H3. The van der Waals surface area contributed by atoms with Crippen LogP contribution in [0, 0.1) is 6.92 Å². The number of hydrogen-bond acceptors (Lipinski definition) is 3. The Balaban J connectivity index is 2.34. The van der Waals surface area contributed by atoms with Crippen molar-refractivity contribution >= 4 is 17.5 Å². The molecule has 0 spiro atoms. The fraction of sp³-hybridized carbons (Fsp3) is 0.286. The number of Topliss-reactive ketones (excluding diaryl/α,β-unsaturated/α-hetero) is 1. The summed E-state index contributed by atoms with van der Waals surface area (Å²) in [5, 5.41) is 5.36. The molecule has 0 fully saturated rings. The second-order valence-corrected chi connectivity index (χ2v) is 5.18. The molecule has 0 saturated heterocycles. The number of carbonyl (C=O) groups is 1. The van der Waals surface area contributed by atoms with E-state index in [0.29, 0.717) is 6.42 Å². The monoisotopic (exact) mass is 260 g/mol. The van der Waals surface area contributed by atoms with Crippen LogP contribution in [-0.2, 0) is 7.05 Å². The van der Waals surface area contributed by atoms with Gasteiger partial charge in [-0.3, -0.25) is 9.48 Å². The van der Waals surface area contributed by atoms with E-state index < -0.39 is 0 Å². The molecule has 0 aliphatic rings. The van der Waals surface area contributed by atoms with E-state index in [9.17, 15) is 4.79 Å². The molecule has 0 aliphatic carbocycles. The smallest absolute Gasteiger partial charge is 0.163 e. The molecule has 1 heterocycles. The minimum atomic E-state index is 0.178. The maximum Gasteiger partial charge on any atom is 0.163 e. The Hall–Kier alpha value is -1.55. The molecule has 0 amide bonds. The maximum absolute atomic E-state index is 11.9. The van der Waals surface area contributed by atoms with Gasteiger partial charge in [-0.05, 0) is 19.1 Å². The number of nitrogens with zero attached hydrogens (tertiary/aromatic N) is 2. The number of ketones is 1. The molecule has 2 rings (SSSR count). The van der Waals surface area contributed by atoms with Crippen LogP contribution in [0.5, 0.6) is 0 Å². The summed E-state index contributed by atoms with van der Waals surface area (Å²) < 4.78 is 1.84. The Kier molecular flexibility index (Phi) is 3.87. The van der Waals surface area contributed by atoms with Crippen LogP contribution in [0.15, 0.2) is 40.3 Å². The predicted octanol–water partition coefficient (Wildman–Crippen LogP) is 3.47. The van der Waals surface area contributed by atoms with Crippen LogP contribution in [0.2, 0.25) is 0 Å². The highest BCUT2D eigenvalue weighted by Crippen LogP contribution is 2.31. The van der Waals surface area contributed by atoms with Crippen LogP contribution in [0.4, 0.5) is 0 Å². The van der Waals surface area contributed by atoms with Crippen molar-refractivity contribution in [1.29, 1.82) is 0 Å². The summed E-state index contributed by atoms with van der Waals surface area (Å²) in [6, 6.07) is 9.75. The molecule has 0 saturated carbocycles. The Morgan fingerprint density at radius 1 is 1.39 bits per heavy atom. The largest absolute Gasteiger partial charge is 0.294 e. The summed E-state index contributed by atoms with van der Waals surface area (Å²) >= 11 is 1.58. The van der Waals surface area contributed by atoms with Gasteiger partial charge < -0.3 is 0 Å². The van der Waals surface area contributed by atoms with Crippen LogP contribution in [-0.4, -0.2) is 15.6 Å². The molecule has 0 N–H and O–H groups in total. The first-order valence-electron chi connectivity index (χ1n) is 5.92. The third-order valence-electron chi connectivity index (χ3n) is 2.68. The number of aryl methyl sites for hydroxylation is 2. The Bertz CT molecular complexity index is 575. The second-order valence-electron chi connectivity index (χ2n) is 4.12. The molecule has 0 radical (unpaired) electrons. The Morgan fingerprint density at radius 3 is 2.72 bits per heavy atom. The second kappa shape index (κ2) is 5.40. The zero-order chi connectivity index (χ0) is 13.1. The van der Waals surface area contributed by atoms with Crippen molar-refractivity contribution < 1.29 is 4.79 Å². The number of hydrogen-bond donors (Lipinski definition) is 0. The van der Waals surface area contributed by atoms with E-state index >= 15 is 0 Å². The molecule has 18 heavy (non-hydrogen) atoms. The van der Waals surface area contributed by atoms with E-state index in [1.165, 1.54) is 0 Å². The molecular formula is C14H16N2OS. The third-order valence-corrected chi connectivity index (χ3v) is 3.85. The number of rotatable bonds is 4. The van der Waals surface area contributed by atoms with Crippen molar-refractivity contribution in [3.63, 3.8) is 0 Å². The van der Waals surface area contributed by atoms with Crippen LogP contribution in [0.25, 0.3) is 0 Å². The zero-order valence-corrected chi connectivity index (χ0v) is 11.6. The van der Waals surface area contributed by atoms with Gasteiger partial charge >= 0.3 is 0 Å². The number of carbonyl (C=O) groups excluding carboxylic acids is 1. The van der Waals surface area contributed by atoms with Gasteiger partial charge in [-0.25, -0.2) is 0 Å². The average molecular weight is 260 g/mol. The molecule has 0 unspecified atom stereocenters. The summed E-state index contributed by atoms with van der Waals surface area (Å²) in [5.41, 5.74) is 1.78. The fourth-order valence-corrected chi connectivity index (χ4v) is 2.84. The lowest BCUT2D eigenvalue weighted by molar-refractivity contribution is 0.0985. The molecule has 0 aliphatic heterocycles. The molecule has 3 nitrogen and oxygen atoms in total. The van der Waals surface area contributed by atoms with E-state index in [2.05, 4.69) is 5.10 Å². The molecule has 1 aromatic carbocycles. The van der Waals surface area contributed by atoms with Crippen molar-refractivity contribution in [2.24, 2.45) is 7.05 Å². The van der Waals surface area contributed by atoms with Gasteiger partial charge in [0, 0.05) is 23.9 Å². The van der Waals surface area contributed by atoms with Crippen molar-refractivity contribution in [1.82, 2.24) is 9.78 Å². The normalized spacial score (nSPS) is 10.6. The predicted molar refractivity (Wildman–Crippen MR) is 73.1 cm³/mol. The zero-order valence-electron chi connectivity index (χ0n) is 10.8. The van der Waals surface area contributed by atoms with E-state index in [4.69, 9.17) is 0 Å². The minimum Gasteiger partial charge on any atom is -0.294 e. The van der Waals surface area contributed by atoms with E-state index in [1.807, 2.05) is 55.9 Å². The van der Waals surface area contributed by atoms with Crippen molar-refractivity contribution in [3.8, 4) is 0 Å². The molecule has 94 valence electrons. The van der Waals surface area contributed by atoms with Crippen LogP contribution >= 0.6 is 11.8 Å². The number of benzene rings is 1. The first-order valence-corrected chi connectivity index (χ1v) is 6.74. The van der Waals surface area contributed by atoms with Gasteiger partial charge in [0.05, 0.1) is 10.7 Å². The van der Waals surface area contributed by atoms with Crippen molar-refractivity contribution in [3.05, 3.63) is 41.6 Å². The molecule has 1 aromatic heterocycles. The molecular weight excluding hydrogens is 244 g/mol. The fourth-order valence-electron chi connectivity index (χ4n) is 1.77. The SMILES string of the molecule is CCC(=O)c1ccccc1Sc1cc(C)nn1C. The first kappa shape index (κ1) is 12.9. The summed E-state index contributed by atoms with van der Waals surface area (Å²) in [6.07, 6.45) is 0.530. The molecule has 4 heteroatoms. The van der Waals surface area contributed by atoms with Gasteiger partial charge in [-0.2, -0.15) is 5.10 Å². The summed E-state index contributed by atoms with van der Waals surface area (Å²) in [4.78, 5) is 12.9. The van der Waals surface area contributed by atoms with Gasteiger partial charge in [-0.15, -0.1) is 0 Å². The summed E-state index contributed by atoms with van der Waals surface area (Å²) in [5.74, 6) is 0.178. The molecule has 2 aromatic rings. The number of aromatic nitrogens is 2. The van der Waals surface area contributed by atoms with Crippen molar-refractivity contribution in [2.45, 2.75) is 30.2 Å². The van der Waals surface area contributed by atoms with E-state index in [0.717, 1.165) is 21.2 Å². The third kappa shape index (κ3) is 2.64. The first-order chi connectivity index (χ1) is 8.61.